The predicted molar refractivity (Wildman–Crippen MR) is 83.2 cm³/mol. The number of hydrogen-bond donors (Lipinski definition) is 1. The van der Waals surface area contributed by atoms with E-state index in [9.17, 15) is 0 Å². The maximum absolute atomic E-state index is 6.01. The number of aryl methyl sites for hydroxylation is 2. The molecule has 0 spiro atoms. The first-order valence-electron chi connectivity index (χ1n) is 6.14. The van der Waals surface area contributed by atoms with Gasteiger partial charge < -0.3 is 5.32 Å². The zero-order valence-electron chi connectivity index (χ0n) is 10.9. The van der Waals surface area contributed by atoms with Crippen LogP contribution in [0.5, 0.6) is 0 Å². The maximum Gasteiger partial charge on any atom is 0.135 e. The molecule has 19 heavy (non-hydrogen) atoms. The Hall–Kier alpha value is -1.13. The van der Waals surface area contributed by atoms with E-state index in [2.05, 4.69) is 50.3 Å². The summed E-state index contributed by atoms with van der Waals surface area (Å²) in [6.07, 6.45) is 1.82. The minimum Gasteiger partial charge on any atom is -0.340 e. The summed E-state index contributed by atoms with van der Waals surface area (Å²) in [6.45, 7) is 4.14. The molecule has 0 fully saturated rings. The number of aromatic nitrogens is 2. The van der Waals surface area contributed by atoms with Gasteiger partial charge in [0.25, 0.3) is 0 Å². The molecule has 2 rings (SSSR count). The SMILES string of the molecule is CCCc1nc(Cl)cc(Nc2cc(C)cc(Br)c2)n1. The largest absolute Gasteiger partial charge is 0.340 e. The van der Waals surface area contributed by atoms with Gasteiger partial charge in [-0.1, -0.05) is 34.5 Å². The fraction of sp³-hybridized carbons (Fsp3) is 0.286. The van der Waals surface area contributed by atoms with Crippen molar-refractivity contribution in [3.63, 3.8) is 0 Å². The Labute approximate surface area is 126 Å². The van der Waals surface area contributed by atoms with E-state index in [1.165, 1.54) is 5.56 Å². The van der Waals surface area contributed by atoms with Gasteiger partial charge >= 0.3 is 0 Å². The number of rotatable bonds is 4. The van der Waals surface area contributed by atoms with E-state index in [4.69, 9.17) is 11.6 Å². The van der Waals surface area contributed by atoms with Crippen molar-refractivity contribution in [3.8, 4) is 0 Å². The molecular weight excluding hydrogens is 326 g/mol. The molecule has 100 valence electrons. The second-order valence-corrected chi connectivity index (χ2v) is 5.69. The normalized spacial score (nSPS) is 10.5. The molecule has 3 nitrogen and oxygen atoms in total. The quantitative estimate of drug-likeness (QED) is 0.805. The van der Waals surface area contributed by atoms with Crippen molar-refractivity contribution in [2.45, 2.75) is 26.7 Å². The van der Waals surface area contributed by atoms with Gasteiger partial charge in [-0.05, 0) is 37.1 Å². The summed E-state index contributed by atoms with van der Waals surface area (Å²) in [5.41, 5.74) is 2.15. The van der Waals surface area contributed by atoms with Gasteiger partial charge in [-0.3, -0.25) is 0 Å². The third kappa shape index (κ3) is 4.18. The summed E-state index contributed by atoms with van der Waals surface area (Å²) in [7, 11) is 0. The van der Waals surface area contributed by atoms with Gasteiger partial charge in [-0.2, -0.15) is 0 Å². The molecule has 2 aromatic rings. The highest BCUT2D eigenvalue weighted by atomic mass is 79.9. The van der Waals surface area contributed by atoms with Crippen LogP contribution in [0.1, 0.15) is 24.7 Å². The third-order valence-electron chi connectivity index (χ3n) is 2.53. The van der Waals surface area contributed by atoms with Crippen molar-refractivity contribution in [2.24, 2.45) is 0 Å². The van der Waals surface area contributed by atoms with Crippen LogP contribution in [-0.2, 0) is 6.42 Å². The van der Waals surface area contributed by atoms with Crippen molar-refractivity contribution in [1.29, 1.82) is 0 Å². The Morgan fingerprint density at radius 3 is 2.68 bits per heavy atom. The molecule has 1 N–H and O–H groups in total. The number of anilines is 2. The van der Waals surface area contributed by atoms with Crippen LogP contribution in [0.2, 0.25) is 5.15 Å². The van der Waals surface area contributed by atoms with E-state index < -0.39 is 0 Å². The summed E-state index contributed by atoms with van der Waals surface area (Å²) < 4.78 is 1.03. The number of benzene rings is 1. The van der Waals surface area contributed by atoms with Crippen LogP contribution in [0.4, 0.5) is 11.5 Å². The predicted octanol–water partition coefficient (Wildman–Crippen LogP) is 4.90. The van der Waals surface area contributed by atoms with Gasteiger partial charge in [0.2, 0.25) is 0 Å². The first-order chi connectivity index (χ1) is 9.06. The zero-order valence-corrected chi connectivity index (χ0v) is 13.2. The molecule has 5 heteroatoms. The van der Waals surface area contributed by atoms with E-state index in [0.29, 0.717) is 5.15 Å². The molecule has 0 saturated heterocycles. The minimum atomic E-state index is 0.465. The van der Waals surface area contributed by atoms with Crippen molar-refractivity contribution in [3.05, 3.63) is 45.3 Å². The summed E-state index contributed by atoms with van der Waals surface area (Å²) in [5, 5.41) is 3.73. The maximum atomic E-state index is 6.01. The molecule has 0 unspecified atom stereocenters. The van der Waals surface area contributed by atoms with Crippen LogP contribution < -0.4 is 5.32 Å². The Bertz CT molecular complexity index is 567. The van der Waals surface area contributed by atoms with E-state index in [-0.39, 0.29) is 0 Å². The van der Waals surface area contributed by atoms with Gasteiger partial charge in [-0.25, -0.2) is 9.97 Å². The summed E-state index contributed by atoms with van der Waals surface area (Å²) in [5.74, 6) is 1.49. The Kier molecular flexibility index (Phi) is 4.77. The lowest BCUT2D eigenvalue weighted by molar-refractivity contribution is 0.837. The highest BCUT2D eigenvalue weighted by molar-refractivity contribution is 9.10. The summed E-state index contributed by atoms with van der Waals surface area (Å²) in [4.78, 5) is 8.66. The second kappa shape index (κ2) is 6.35. The standard InChI is InChI=1S/C14H15BrClN3/c1-3-4-13-18-12(16)8-14(19-13)17-11-6-9(2)5-10(15)7-11/h5-8H,3-4H2,1-2H3,(H,17,18,19). The van der Waals surface area contributed by atoms with Crippen molar-refractivity contribution < 1.29 is 0 Å². The molecule has 0 amide bonds. The number of hydrogen-bond acceptors (Lipinski definition) is 3. The molecule has 0 aliphatic heterocycles. The molecule has 0 aliphatic carbocycles. The van der Waals surface area contributed by atoms with Crippen LogP contribution in [0.15, 0.2) is 28.7 Å². The average Bonchev–Trinajstić information content (AvgIpc) is 2.26. The molecule has 0 radical (unpaired) electrons. The molecular formula is C14H15BrClN3. The first kappa shape index (κ1) is 14.3. The first-order valence-corrected chi connectivity index (χ1v) is 7.31. The molecule has 1 aromatic carbocycles. The fourth-order valence-corrected chi connectivity index (χ4v) is 2.63. The number of halogens is 2. The molecule has 1 heterocycles. The highest BCUT2D eigenvalue weighted by Crippen LogP contribution is 2.23. The van der Waals surface area contributed by atoms with Crippen molar-refractivity contribution >= 4 is 39.0 Å². The monoisotopic (exact) mass is 339 g/mol. The van der Waals surface area contributed by atoms with Gasteiger partial charge in [0.05, 0.1) is 0 Å². The molecule has 0 bridgehead atoms. The van der Waals surface area contributed by atoms with Crippen LogP contribution in [0.3, 0.4) is 0 Å². The lowest BCUT2D eigenvalue weighted by Crippen LogP contribution is -2.00. The van der Waals surface area contributed by atoms with Gasteiger partial charge in [0.15, 0.2) is 0 Å². The van der Waals surface area contributed by atoms with Crippen LogP contribution in [-0.4, -0.2) is 9.97 Å². The Morgan fingerprint density at radius 2 is 2.00 bits per heavy atom. The number of nitrogens with zero attached hydrogens (tertiary/aromatic N) is 2. The van der Waals surface area contributed by atoms with E-state index in [0.717, 1.165) is 34.6 Å². The minimum absolute atomic E-state index is 0.465. The highest BCUT2D eigenvalue weighted by Gasteiger charge is 2.04. The van der Waals surface area contributed by atoms with Crippen LogP contribution >= 0.6 is 27.5 Å². The van der Waals surface area contributed by atoms with Crippen molar-refractivity contribution in [2.75, 3.05) is 5.32 Å². The topological polar surface area (TPSA) is 37.8 Å². The van der Waals surface area contributed by atoms with E-state index in [1.807, 2.05) is 13.0 Å². The Balaban J connectivity index is 2.27. The summed E-state index contributed by atoms with van der Waals surface area (Å²) in [6, 6.07) is 7.85. The van der Waals surface area contributed by atoms with E-state index >= 15 is 0 Å². The summed E-state index contributed by atoms with van der Waals surface area (Å²) >= 11 is 9.50. The average molecular weight is 341 g/mol. The van der Waals surface area contributed by atoms with Crippen molar-refractivity contribution in [1.82, 2.24) is 9.97 Å². The number of nitrogens with one attached hydrogen (secondary N) is 1. The second-order valence-electron chi connectivity index (χ2n) is 4.38. The smallest absolute Gasteiger partial charge is 0.135 e. The lowest BCUT2D eigenvalue weighted by atomic mass is 10.2. The molecule has 0 atom stereocenters. The van der Waals surface area contributed by atoms with E-state index in [1.54, 1.807) is 6.07 Å². The lowest BCUT2D eigenvalue weighted by Gasteiger charge is -2.09. The van der Waals surface area contributed by atoms with Gasteiger partial charge in [0.1, 0.15) is 16.8 Å². The zero-order chi connectivity index (χ0) is 13.8. The molecule has 0 aliphatic rings. The molecule has 1 aromatic heterocycles. The van der Waals surface area contributed by atoms with Gasteiger partial charge in [-0.15, -0.1) is 0 Å². The van der Waals surface area contributed by atoms with Gasteiger partial charge in [0, 0.05) is 22.6 Å². The van der Waals surface area contributed by atoms with Crippen LogP contribution in [0, 0.1) is 6.92 Å². The fourth-order valence-electron chi connectivity index (χ4n) is 1.82. The third-order valence-corrected chi connectivity index (χ3v) is 3.18. The Morgan fingerprint density at radius 1 is 1.21 bits per heavy atom. The van der Waals surface area contributed by atoms with Crippen LogP contribution in [0.25, 0.3) is 0 Å². The molecule has 0 saturated carbocycles.